The SMILES string of the molecule is C=CC(c1ccc(O)cc1)c1c(O)cc(OC)c(C(=O)CCc2ccc(OC)cc2)c1O. The summed E-state index contributed by atoms with van der Waals surface area (Å²) in [4.78, 5) is 13.1. The van der Waals surface area contributed by atoms with Crippen LogP contribution in [0.25, 0.3) is 0 Å². The molecule has 0 amide bonds. The van der Waals surface area contributed by atoms with Crippen molar-refractivity contribution in [2.75, 3.05) is 14.2 Å². The maximum absolute atomic E-state index is 13.1. The summed E-state index contributed by atoms with van der Waals surface area (Å²) in [6, 6.07) is 15.1. The molecule has 0 aliphatic rings. The summed E-state index contributed by atoms with van der Waals surface area (Å²) in [7, 11) is 2.96. The van der Waals surface area contributed by atoms with Gasteiger partial charge in [-0.2, -0.15) is 0 Å². The number of Topliss-reactive ketones (excluding diaryl/α,β-unsaturated/α-hetero) is 1. The molecule has 0 aromatic heterocycles. The number of hydrogen-bond donors (Lipinski definition) is 3. The van der Waals surface area contributed by atoms with Gasteiger partial charge in [0.1, 0.15) is 34.3 Å². The number of methoxy groups -OCH3 is 2. The van der Waals surface area contributed by atoms with Gasteiger partial charge in [-0.25, -0.2) is 0 Å². The van der Waals surface area contributed by atoms with Crippen LogP contribution in [0.3, 0.4) is 0 Å². The first kappa shape index (κ1) is 22.7. The van der Waals surface area contributed by atoms with Crippen LogP contribution in [0.5, 0.6) is 28.7 Å². The minimum Gasteiger partial charge on any atom is -0.508 e. The minimum atomic E-state index is -0.602. The quantitative estimate of drug-likeness (QED) is 0.326. The van der Waals surface area contributed by atoms with Crippen LogP contribution >= 0.6 is 0 Å². The molecule has 3 N–H and O–H groups in total. The molecule has 0 heterocycles. The Morgan fingerprint density at radius 1 is 1.00 bits per heavy atom. The van der Waals surface area contributed by atoms with Crippen molar-refractivity contribution >= 4 is 5.78 Å². The second-order valence-corrected chi connectivity index (χ2v) is 7.31. The molecule has 0 aliphatic carbocycles. The predicted octanol–water partition coefficient (Wildman–Crippen LogP) is 4.95. The molecule has 0 fully saturated rings. The summed E-state index contributed by atoms with van der Waals surface area (Å²) >= 11 is 0. The standard InChI is InChI=1S/C26H26O6/c1-4-20(17-8-10-18(27)11-9-17)24-22(29)15-23(32-3)25(26(24)30)21(28)14-7-16-5-12-19(31-2)13-6-16/h4-6,8-13,15,20,27,29-30H,1,7,14H2,2-3H3. The van der Waals surface area contributed by atoms with Gasteiger partial charge in [-0.3, -0.25) is 4.79 Å². The Morgan fingerprint density at radius 3 is 2.22 bits per heavy atom. The fourth-order valence-corrected chi connectivity index (χ4v) is 3.66. The third kappa shape index (κ3) is 4.70. The number of carbonyl (C=O) groups excluding carboxylic acids is 1. The molecule has 6 heteroatoms. The second kappa shape index (κ2) is 9.92. The van der Waals surface area contributed by atoms with Gasteiger partial charge in [-0.15, -0.1) is 6.58 Å². The van der Waals surface area contributed by atoms with Crippen molar-refractivity contribution in [1.29, 1.82) is 0 Å². The molecule has 0 saturated heterocycles. The van der Waals surface area contributed by atoms with Gasteiger partial charge in [0.25, 0.3) is 0 Å². The first-order chi connectivity index (χ1) is 15.4. The third-order valence-electron chi connectivity index (χ3n) is 5.38. The molecule has 0 radical (unpaired) electrons. The van der Waals surface area contributed by atoms with Gasteiger partial charge in [0.05, 0.1) is 14.2 Å². The molecule has 6 nitrogen and oxygen atoms in total. The zero-order valence-corrected chi connectivity index (χ0v) is 18.0. The summed E-state index contributed by atoms with van der Waals surface area (Å²) in [5, 5.41) is 31.2. The smallest absolute Gasteiger partial charge is 0.170 e. The van der Waals surface area contributed by atoms with E-state index in [0.29, 0.717) is 12.0 Å². The van der Waals surface area contributed by atoms with Crippen LogP contribution in [-0.2, 0) is 6.42 Å². The molecule has 0 saturated carbocycles. The van der Waals surface area contributed by atoms with Crippen LogP contribution in [0.15, 0.2) is 67.3 Å². The fourth-order valence-electron chi connectivity index (χ4n) is 3.66. The summed E-state index contributed by atoms with van der Waals surface area (Å²) in [6.07, 6.45) is 2.15. The van der Waals surface area contributed by atoms with Crippen molar-refractivity contribution in [3.05, 3.63) is 89.5 Å². The number of hydrogen-bond acceptors (Lipinski definition) is 6. The number of aryl methyl sites for hydroxylation is 1. The summed E-state index contributed by atoms with van der Waals surface area (Å²) < 4.78 is 10.4. The number of aromatic hydroxyl groups is 3. The molecule has 1 atom stereocenters. The number of allylic oxidation sites excluding steroid dienone is 1. The molecule has 0 bridgehead atoms. The number of phenols is 3. The first-order valence-electron chi connectivity index (χ1n) is 10.1. The lowest BCUT2D eigenvalue weighted by molar-refractivity contribution is 0.0977. The Morgan fingerprint density at radius 2 is 1.66 bits per heavy atom. The van der Waals surface area contributed by atoms with Crippen LogP contribution in [0.1, 0.15) is 39.4 Å². The average Bonchev–Trinajstić information content (AvgIpc) is 2.80. The zero-order valence-electron chi connectivity index (χ0n) is 18.0. The summed E-state index contributed by atoms with van der Waals surface area (Å²) in [5.74, 6) is -0.568. The van der Waals surface area contributed by atoms with Gasteiger partial charge in [-0.1, -0.05) is 30.3 Å². The van der Waals surface area contributed by atoms with E-state index in [0.717, 1.165) is 11.3 Å². The fraction of sp³-hybridized carbons (Fsp3) is 0.192. The molecule has 1 unspecified atom stereocenters. The van der Waals surface area contributed by atoms with Gasteiger partial charge in [-0.05, 0) is 41.8 Å². The Bertz CT molecular complexity index is 1100. The lowest BCUT2D eigenvalue weighted by Crippen LogP contribution is -2.08. The maximum atomic E-state index is 13.1. The highest BCUT2D eigenvalue weighted by Crippen LogP contribution is 2.45. The second-order valence-electron chi connectivity index (χ2n) is 7.31. The zero-order chi connectivity index (χ0) is 23.3. The van der Waals surface area contributed by atoms with E-state index >= 15 is 0 Å². The molecular weight excluding hydrogens is 408 g/mol. The minimum absolute atomic E-state index is 0.0134. The Hall–Kier alpha value is -3.93. The highest BCUT2D eigenvalue weighted by molar-refractivity contribution is 6.02. The third-order valence-corrected chi connectivity index (χ3v) is 5.38. The number of carbonyl (C=O) groups is 1. The number of ketones is 1. The van der Waals surface area contributed by atoms with E-state index in [4.69, 9.17) is 9.47 Å². The van der Waals surface area contributed by atoms with E-state index in [1.165, 1.54) is 25.3 Å². The van der Waals surface area contributed by atoms with Crippen molar-refractivity contribution in [3.63, 3.8) is 0 Å². The van der Waals surface area contributed by atoms with Crippen LogP contribution in [0.4, 0.5) is 0 Å². The highest BCUT2D eigenvalue weighted by atomic mass is 16.5. The molecule has 0 aliphatic heterocycles. The first-order valence-corrected chi connectivity index (χ1v) is 10.1. The molecule has 3 aromatic carbocycles. The number of phenolic OH excluding ortho intramolecular Hbond substituents is 3. The molecule has 32 heavy (non-hydrogen) atoms. The van der Waals surface area contributed by atoms with E-state index in [9.17, 15) is 20.1 Å². The highest BCUT2D eigenvalue weighted by Gasteiger charge is 2.27. The van der Waals surface area contributed by atoms with Gasteiger partial charge in [0, 0.05) is 24.0 Å². The van der Waals surface area contributed by atoms with E-state index < -0.39 is 5.92 Å². The monoisotopic (exact) mass is 434 g/mol. The van der Waals surface area contributed by atoms with E-state index in [2.05, 4.69) is 6.58 Å². The normalized spacial score (nSPS) is 11.6. The van der Waals surface area contributed by atoms with E-state index in [1.54, 1.807) is 25.3 Å². The Kier molecular flexibility index (Phi) is 7.05. The average molecular weight is 434 g/mol. The summed E-state index contributed by atoms with van der Waals surface area (Å²) in [6.45, 7) is 3.81. The number of ether oxygens (including phenoxy) is 2. The van der Waals surface area contributed by atoms with Crippen molar-refractivity contribution in [2.24, 2.45) is 0 Å². The molecule has 166 valence electrons. The van der Waals surface area contributed by atoms with Crippen molar-refractivity contribution in [2.45, 2.75) is 18.8 Å². The largest absolute Gasteiger partial charge is 0.508 e. The predicted molar refractivity (Wildman–Crippen MR) is 122 cm³/mol. The lowest BCUT2D eigenvalue weighted by Gasteiger charge is -2.20. The van der Waals surface area contributed by atoms with Crippen LogP contribution in [0.2, 0.25) is 0 Å². The van der Waals surface area contributed by atoms with Crippen molar-refractivity contribution < 1.29 is 29.6 Å². The maximum Gasteiger partial charge on any atom is 0.170 e. The van der Waals surface area contributed by atoms with Crippen LogP contribution < -0.4 is 9.47 Å². The van der Waals surface area contributed by atoms with Gasteiger partial charge in [0.15, 0.2) is 5.78 Å². The topological polar surface area (TPSA) is 96.2 Å². The van der Waals surface area contributed by atoms with Gasteiger partial charge in [0.2, 0.25) is 0 Å². The molecule has 3 aromatic rings. The number of rotatable bonds is 9. The van der Waals surface area contributed by atoms with Gasteiger partial charge >= 0.3 is 0 Å². The van der Waals surface area contributed by atoms with Crippen LogP contribution in [-0.4, -0.2) is 35.3 Å². The van der Waals surface area contributed by atoms with E-state index in [1.807, 2.05) is 24.3 Å². The van der Waals surface area contributed by atoms with Gasteiger partial charge < -0.3 is 24.8 Å². The van der Waals surface area contributed by atoms with Crippen LogP contribution in [0, 0.1) is 0 Å². The van der Waals surface area contributed by atoms with E-state index in [-0.39, 0.29) is 46.3 Å². The number of benzene rings is 3. The lowest BCUT2D eigenvalue weighted by atomic mass is 9.87. The molecular formula is C26H26O6. The Labute approximate surface area is 187 Å². The summed E-state index contributed by atoms with van der Waals surface area (Å²) in [5.41, 5.74) is 1.80. The Balaban J connectivity index is 1.96. The van der Waals surface area contributed by atoms with Crippen molar-refractivity contribution in [1.82, 2.24) is 0 Å². The van der Waals surface area contributed by atoms with Crippen molar-refractivity contribution in [3.8, 4) is 28.7 Å². The molecule has 0 spiro atoms. The molecule has 3 rings (SSSR count).